The Morgan fingerprint density at radius 3 is 2.86 bits per heavy atom. The van der Waals surface area contributed by atoms with E-state index >= 15 is 0 Å². The van der Waals surface area contributed by atoms with Gasteiger partial charge >= 0.3 is 0 Å². The predicted molar refractivity (Wildman–Crippen MR) is 55.2 cm³/mol. The van der Waals surface area contributed by atoms with Gasteiger partial charge in [-0.3, -0.25) is 0 Å². The van der Waals surface area contributed by atoms with Crippen molar-refractivity contribution < 1.29 is 4.52 Å². The van der Waals surface area contributed by atoms with E-state index in [1.165, 1.54) is 12.0 Å². The molecule has 1 N–H and O–H groups in total. The molecule has 0 bridgehead atoms. The van der Waals surface area contributed by atoms with Crippen molar-refractivity contribution in [2.75, 3.05) is 6.54 Å². The summed E-state index contributed by atoms with van der Waals surface area (Å²) in [4.78, 5) is 0. The van der Waals surface area contributed by atoms with Crippen LogP contribution < -0.4 is 5.32 Å². The number of hydrogen-bond acceptors (Lipinski definition) is 3. The van der Waals surface area contributed by atoms with Crippen LogP contribution in [-0.2, 0) is 5.41 Å². The normalized spacial score (nSPS) is 22.9. The Kier molecular flexibility index (Phi) is 2.35. The van der Waals surface area contributed by atoms with Crippen LogP contribution in [0.4, 0.5) is 0 Å². The molecule has 1 unspecified atom stereocenters. The summed E-state index contributed by atoms with van der Waals surface area (Å²) in [6.07, 6.45) is 4.25. The average Bonchev–Trinajstić information content (AvgIpc) is 2.73. The molecule has 1 fully saturated rings. The maximum absolute atomic E-state index is 5.36. The largest absolute Gasteiger partial charge is 0.359 e. The van der Waals surface area contributed by atoms with Gasteiger partial charge in [0.25, 0.3) is 0 Å². The molecule has 0 aliphatic carbocycles. The molecule has 0 saturated carbocycles. The van der Waals surface area contributed by atoms with Crippen molar-refractivity contribution in [2.45, 2.75) is 45.1 Å². The van der Waals surface area contributed by atoms with E-state index in [1.807, 2.05) is 6.20 Å². The maximum Gasteiger partial charge on any atom is 0.157 e. The monoisotopic (exact) mass is 194 g/mol. The van der Waals surface area contributed by atoms with Gasteiger partial charge in [-0.15, -0.1) is 0 Å². The molecule has 78 valence electrons. The molecular formula is C11H18N2O. The Labute approximate surface area is 84.9 Å². The third-order valence-corrected chi connectivity index (χ3v) is 2.78. The van der Waals surface area contributed by atoms with Gasteiger partial charge in [0.1, 0.15) is 0 Å². The van der Waals surface area contributed by atoms with Gasteiger partial charge in [0.05, 0.1) is 12.2 Å². The fourth-order valence-electron chi connectivity index (χ4n) is 1.97. The molecule has 14 heavy (non-hydrogen) atoms. The van der Waals surface area contributed by atoms with E-state index in [0.29, 0.717) is 6.04 Å². The fourth-order valence-corrected chi connectivity index (χ4v) is 1.97. The minimum atomic E-state index is 0.125. The van der Waals surface area contributed by atoms with Crippen LogP contribution in [0.15, 0.2) is 10.7 Å². The van der Waals surface area contributed by atoms with E-state index in [1.54, 1.807) is 0 Å². The van der Waals surface area contributed by atoms with Crippen LogP contribution >= 0.6 is 0 Å². The molecule has 3 heteroatoms. The molecule has 1 saturated heterocycles. The first kappa shape index (κ1) is 9.71. The van der Waals surface area contributed by atoms with Crippen molar-refractivity contribution in [1.29, 1.82) is 0 Å². The summed E-state index contributed by atoms with van der Waals surface area (Å²) >= 11 is 0. The summed E-state index contributed by atoms with van der Waals surface area (Å²) < 4.78 is 5.36. The van der Waals surface area contributed by atoms with Crippen LogP contribution in [-0.4, -0.2) is 11.7 Å². The summed E-state index contributed by atoms with van der Waals surface area (Å²) in [5.41, 5.74) is 1.36. The Balaban J connectivity index is 2.29. The number of aromatic nitrogens is 1. The zero-order valence-electron chi connectivity index (χ0n) is 9.13. The second-order valence-corrected chi connectivity index (χ2v) is 5.00. The molecule has 1 aromatic heterocycles. The van der Waals surface area contributed by atoms with Crippen molar-refractivity contribution in [3.8, 4) is 0 Å². The first-order valence-electron chi connectivity index (χ1n) is 5.27. The van der Waals surface area contributed by atoms with Crippen LogP contribution in [0.3, 0.4) is 0 Å². The molecule has 1 aromatic rings. The molecule has 1 aliphatic rings. The third-order valence-electron chi connectivity index (χ3n) is 2.78. The highest BCUT2D eigenvalue weighted by Crippen LogP contribution is 2.32. The van der Waals surface area contributed by atoms with Crippen LogP contribution in [0.5, 0.6) is 0 Å². The van der Waals surface area contributed by atoms with Gasteiger partial charge in [-0.05, 0) is 24.8 Å². The second-order valence-electron chi connectivity index (χ2n) is 5.00. The summed E-state index contributed by atoms with van der Waals surface area (Å²) in [6.45, 7) is 7.67. The van der Waals surface area contributed by atoms with Crippen molar-refractivity contribution in [1.82, 2.24) is 10.5 Å². The zero-order chi connectivity index (χ0) is 10.2. The predicted octanol–water partition coefficient (Wildman–Crippen LogP) is 2.40. The standard InChI is InChI=1S/C11H18N2O/c1-11(2,3)8-7-13-14-10(8)9-5-4-6-12-9/h7,9,12H,4-6H2,1-3H3. The zero-order valence-corrected chi connectivity index (χ0v) is 9.13. The van der Waals surface area contributed by atoms with Crippen LogP contribution in [0.2, 0.25) is 0 Å². The smallest absolute Gasteiger partial charge is 0.157 e. The Morgan fingerprint density at radius 1 is 1.50 bits per heavy atom. The highest BCUT2D eigenvalue weighted by molar-refractivity contribution is 5.25. The van der Waals surface area contributed by atoms with E-state index in [2.05, 4.69) is 31.2 Å². The fraction of sp³-hybridized carbons (Fsp3) is 0.727. The number of nitrogens with one attached hydrogen (secondary N) is 1. The van der Waals surface area contributed by atoms with Crippen molar-refractivity contribution in [2.24, 2.45) is 0 Å². The number of nitrogens with zero attached hydrogens (tertiary/aromatic N) is 1. The molecule has 1 atom stereocenters. The summed E-state index contributed by atoms with van der Waals surface area (Å²) in [7, 11) is 0. The topological polar surface area (TPSA) is 38.1 Å². The van der Waals surface area contributed by atoms with Gasteiger partial charge in [-0.2, -0.15) is 0 Å². The van der Waals surface area contributed by atoms with E-state index in [0.717, 1.165) is 18.7 Å². The van der Waals surface area contributed by atoms with Gasteiger partial charge in [-0.1, -0.05) is 25.9 Å². The average molecular weight is 194 g/mol. The molecule has 0 aromatic carbocycles. The summed E-state index contributed by atoms with van der Waals surface area (Å²) in [5, 5.41) is 7.36. The molecule has 0 amide bonds. The van der Waals surface area contributed by atoms with Gasteiger partial charge in [0.15, 0.2) is 5.76 Å². The van der Waals surface area contributed by atoms with Crippen molar-refractivity contribution >= 4 is 0 Å². The highest BCUT2D eigenvalue weighted by atomic mass is 16.5. The molecular weight excluding hydrogens is 176 g/mol. The van der Waals surface area contributed by atoms with Crippen LogP contribution in [0.25, 0.3) is 0 Å². The number of hydrogen-bond donors (Lipinski definition) is 1. The molecule has 2 rings (SSSR count). The van der Waals surface area contributed by atoms with E-state index in [-0.39, 0.29) is 5.41 Å². The molecule has 0 spiro atoms. The molecule has 2 heterocycles. The lowest BCUT2D eigenvalue weighted by atomic mass is 9.86. The van der Waals surface area contributed by atoms with Crippen LogP contribution in [0.1, 0.15) is 51.0 Å². The third kappa shape index (κ3) is 1.69. The van der Waals surface area contributed by atoms with E-state index < -0.39 is 0 Å². The lowest BCUT2D eigenvalue weighted by molar-refractivity contribution is 0.345. The Morgan fingerprint density at radius 2 is 2.29 bits per heavy atom. The molecule has 1 aliphatic heterocycles. The summed E-state index contributed by atoms with van der Waals surface area (Å²) in [6, 6.07) is 0.381. The molecule has 3 nitrogen and oxygen atoms in total. The minimum absolute atomic E-state index is 0.125. The van der Waals surface area contributed by atoms with Crippen molar-refractivity contribution in [3.05, 3.63) is 17.5 Å². The number of rotatable bonds is 1. The first-order valence-corrected chi connectivity index (χ1v) is 5.27. The first-order chi connectivity index (χ1) is 6.59. The van der Waals surface area contributed by atoms with Crippen LogP contribution in [0, 0.1) is 0 Å². The second kappa shape index (κ2) is 3.39. The SMILES string of the molecule is CC(C)(C)c1cnoc1C1CCCN1. The quantitative estimate of drug-likeness (QED) is 0.746. The van der Waals surface area contributed by atoms with E-state index in [9.17, 15) is 0 Å². The summed E-state index contributed by atoms with van der Waals surface area (Å²) in [5.74, 6) is 1.04. The van der Waals surface area contributed by atoms with Gasteiger partial charge in [0.2, 0.25) is 0 Å². The minimum Gasteiger partial charge on any atom is -0.359 e. The van der Waals surface area contributed by atoms with E-state index in [4.69, 9.17) is 4.52 Å². The maximum atomic E-state index is 5.36. The van der Waals surface area contributed by atoms with Gasteiger partial charge in [-0.25, -0.2) is 0 Å². The Hall–Kier alpha value is -0.830. The van der Waals surface area contributed by atoms with Gasteiger partial charge in [0, 0.05) is 5.56 Å². The lowest BCUT2D eigenvalue weighted by Gasteiger charge is -2.19. The highest BCUT2D eigenvalue weighted by Gasteiger charge is 2.28. The lowest BCUT2D eigenvalue weighted by Crippen LogP contribution is -2.18. The Bertz CT molecular complexity index is 305. The molecule has 0 radical (unpaired) electrons. The van der Waals surface area contributed by atoms with Gasteiger partial charge < -0.3 is 9.84 Å². The van der Waals surface area contributed by atoms with Crippen molar-refractivity contribution in [3.63, 3.8) is 0 Å².